The van der Waals surface area contributed by atoms with Gasteiger partial charge >= 0.3 is 74.4 Å². The van der Waals surface area contributed by atoms with Gasteiger partial charge in [0.25, 0.3) is 0 Å². The van der Waals surface area contributed by atoms with Gasteiger partial charge in [0.2, 0.25) is 0 Å². The van der Waals surface area contributed by atoms with Crippen molar-refractivity contribution < 1.29 is 41.9 Å². The molecule has 0 radical (unpaired) electrons. The first-order valence-electron chi connectivity index (χ1n) is 13.9. The first-order chi connectivity index (χ1) is 18.2. The number of cyclic esters (lactones) is 4. The molecule has 0 amide bonds. The van der Waals surface area contributed by atoms with Crippen molar-refractivity contribution in [2.75, 3.05) is 0 Å². The molecule has 0 spiro atoms. The molecule has 8 atom stereocenters. The second-order valence-corrected chi connectivity index (χ2v) is 30.0. The number of ether oxygens (including phenoxy) is 2. The van der Waals surface area contributed by atoms with Crippen molar-refractivity contribution in [2.45, 2.75) is 80.1 Å². The minimum atomic E-state index is -0.579. The van der Waals surface area contributed by atoms with Gasteiger partial charge in [-0.2, -0.15) is 0 Å². The first-order valence-corrected chi connectivity index (χ1v) is 26.5. The van der Waals surface area contributed by atoms with Crippen molar-refractivity contribution in [3.63, 3.8) is 0 Å². The van der Waals surface area contributed by atoms with Crippen LogP contribution < -0.4 is 13.3 Å². The molecule has 10 heteroatoms. The number of esters is 4. The van der Waals surface area contributed by atoms with E-state index in [2.05, 4.69) is 95.7 Å². The van der Waals surface area contributed by atoms with Gasteiger partial charge in [0, 0.05) is 12.2 Å². The monoisotopic (exact) mass is 1010 g/mol. The van der Waals surface area contributed by atoms with Gasteiger partial charge in [0.15, 0.2) is 0 Å². The molecule has 4 aliphatic carbocycles. The summed E-state index contributed by atoms with van der Waals surface area (Å²) >= 11 is 5.30. The van der Waals surface area contributed by atoms with Crippen molar-refractivity contribution >= 4 is 85.1 Å². The predicted molar refractivity (Wildman–Crippen MR) is 178 cm³/mol. The number of carbonyl (C=O) groups is 4. The SMILES string of the molecule is C1=CC2CCC1C2.CC(C)(C)C1C(=O)OC(=O)C1C1C2CCC(C2)C1C(C)(C)C.I.I[I-]I.O=C1C=CC(=O)O1. The van der Waals surface area contributed by atoms with Crippen LogP contribution in [0, 0.1) is 58.2 Å². The molecule has 8 unspecified atom stereocenters. The van der Waals surface area contributed by atoms with Gasteiger partial charge in [-0.1, -0.05) is 53.7 Å². The molecule has 1 saturated heterocycles. The summed E-state index contributed by atoms with van der Waals surface area (Å²) in [5.74, 6) is 1.93. The molecule has 40 heavy (non-hydrogen) atoms. The zero-order chi connectivity index (χ0) is 29.1. The van der Waals surface area contributed by atoms with Gasteiger partial charge in [-0.15, -0.1) is 24.0 Å². The van der Waals surface area contributed by atoms with Gasteiger partial charge in [-0.3, -0.25) is 9.59 Å². The zero-order valence-corrected chi connectivity index (χ0v) is 33.0. The molecule has 4 fully saturated rings. The van der Waals surface area contributed by atoms with Crippen LogP contribution in [0.3, 0.4) is 0 Å². The van der Waals surface area contributed by atoms with Crippen LogP contribution in [0.5, 0.6) is 0 Å². The Labute approximate surface area is 286 Å². The average Bonchev–Trinajstić information content (AvgIpc) is 3.65. The van der Waals surface area contributed by atoms with E-state index in [1.807, 2.05) is 0 Å². The fourth-order valence-corrected chi connectivity index (χ4v) is 7.94. The van der Waals surface area contributed by atoms with Crippen LogP contribution in [0.25, 0.3) is 0 Å². The number of carbonyl (C=O) groups excluding carboxylic acids is 4. The Balaban J connectivity index is 0.000000252. The number of allylic oxidation sites excluding steroid dienone is 2. The quantitative estimate of drug-likeness (QED) is 0.159. The van der Waals surface area contributed by atoms with Crippen molar-refractivity contribution in [3.8, 4) is 0 Å². The van der Waals surface area contributed by atoms with E-state index in [0.717, 1.165) is 29.9 Å². The number of hydrogen-bond acceptors (Lipinski definition) is 6. The van der Waals surface area contributed by atoms with Gasteiger partial charge in [-0.25, -0.2) is 9.59 Å². The van der Waals surface area contributed by atoms with Crippen LogP contribution in [-0.2, 0) is 28.7 Å². The molecule has 6 aliphatic rings. The molecule has 228 valence electrons. The maximum Gasteiger partial charge on any atom is 0.338 e. The van der Waals surface area contributed by atoms with Crippen molar-refractivity contribution in [1.29, 1.82) is 0 Å². The van der Waals surface area contributed by atoms with E-state index in [1.54, 1.807) is 0 Å². The van der Waals surface area contributed by atoms with Gasteiger partial charge < -0.3 is 9.47 Å². The van der Waals surface area contributed by atoms with Gasteiger partial charge in [-0.05, 0) is 84.9 Å². The number of fused-ring (bicyclic) bond motifs is 4. The third-order valence-electron chi connectivity index (χ3n) is 9.14. The standard InChI is InChI=1S/C19H30O3.C7H10.C4H2O3.I3.HI/c1-18(2,3)14-11-8-7-10(9-11)12(14)13-15(19(4,5)6)17(21)22-16(13)20;1-2-7-4-3-6(1)5-7;5-3-1-2-4(6)7-3;1-3-2;/h10-15H,7-9H2,1-6H3;1-2,6-7H,3-5H2;1-2H;;1H/q;;;-1;. The van der Waals surface area contributed by atoms with Gasteiger partial charge in [0.05, 0.1) is 11.8 Å². The van der Waals surface area contributed by atoms with E-state index in [1.165, 1.54) is 38.5 Å². The summed E-state index contributed by atoms with van der Waals surface area (Å²) in [7, 11) is 0. The van der Waals surface area contributed by atoms with Crippen LogP contribution in [0.2, 0.25) is 0 Å². The first kappa shape index (κ1) is 36.9. The molecule has 3 saturated carbocycles. The van der Waals surface area contributed by atoms with Crippen molar-refractivity contribution in [3.05, 3.63) is 24.3 Å². The molecule has 6 nitrogen and oxygen atoms in total. The summed E-state index contributed by atoms with van der Waals surface area (Å²) in [6.45, 7) is 13.1. The molecule has 0 N–H and O–H groups in total. The third kappa shape index (κ3) is 9.34. The fraction of sp³-hybridized carbons (Fsp3) is 0.733. The second kappa shape index (κ2) is 15.6. The molecular formula is C30H43I4O6-. The van der Waals surface area contributed by atoms with Crippen LogP contribution in [0.4, 0.5) is 0 Å². The number of hydrogen-bond donors (Lipinski definition) is 0. The predicted octanol–water partition coefficient (Wildman–Crippen LogP) is 5.05. The molecule has 6 rings (SSSR count). The normalized spacial score (nSPS) is 34.8. The Hall–Kier alpha value is 0.680. The molecule has 0 aromatic carbocycles. The summed E-state index contributed by atoms with van der Waals surface area (Å²) < 4.78 is 9.09. The van der Waals surface area contributed by atoms with Crippen LogP contribution >= 0.6 is 61.2 Å². The van der Waals surface area contributed by atoms with Crippen molar-refractivity contribution in [2.24, 2.45) is 58.2 Å². The van der Waals surface area contributed by atoms with E-state index >= 15 is 0 Å². The molecule has 2 aliphatic heterocycles. The molecule has 2 heterocycles. The Morgan fingerprint density at radius 1 is 0.725 bits per heavy atom. The second-order valence-electron chi connectivity index (χ2n) is 13.8. The van der Waals surface area contributed by atoms with E-state index in [0.29, 0.717) is 31.0 Å². The van der Waals surface area contributed by atoms with Crippen LogP contribution in [0.1, 0.15) is 80.1 Å². The van der Waals surface area contributed by atoms with E-state index < -0.39 is 11.9 Å². The zero-order valence-electron chi connectivity index (χ0n) is 24.2. The number of rotatable bonds is 1. The molecule has 0 aromatic heterocycles. The van der Waals surface area contributed by atoms with Crippen molar-refractivity contribution in [1.82, 2.24) is 0 Å². The molecule has 0 aromatic rings. The Morgan fingerprint density at radius 2 is 1.23 bits per heavy atom. The summed E-state index contributed by atoms with van der Waals surface area (Å²) in [5, 5.41) is 0. The van der Waals surface area contributed by atoms with E-state index in [-0.39, 0.29) is 58.6 Å². The van der Waals surface area contributed by atoms with E-state index in [9.17, 15) is 19.2 Å². The summed E-state index contributed by atoms with van der Waals surface area (Å²) in [6, 6.07) is 0. The average molecular weight is 1010 g/mol. The minimum absolute atomic E-state index is 0. The third-order valence-corrected chi connectivity index (χ3v) is 9.14. The molecular weight excluding hydrogens is 964 g/mol. The van der Waals surface area contributed by atoms with Crippen LogP contribution in [-0.4, -0.2) is 23.9 Å². The Kier molecular flexibility index (Phi) is 14.4. The summed E-state index contributed by atoms with van der Waals surface area (Å²) in [6.07, 6.45) is 15.1. The molecule has 4 bridgehead atoms. The Morgan fingerprint density at radius 3 is 1.57 bits per heavy atom. The summed E-state index contributed by atoms with van der Waals surface area (Å²) in [5.41, 5.74) is -0.0446. The maximum atomic E-state index is 12.5. The van der Waals surface area contributed by atoms with E-state index in [4.69, 9.17) is 4.74 Å². The van der Waals surface area contributed by atoms with Crippen LogP contribution in [0.15, 0.2) is 24.3 Å². The maximum absolute atomic E-state index is 12.5. The minimum Gasteiger partial charge on any atom is -0.387 e. The van der Waals surface area contributed by atoms with Gasteiger partial charge in [0.1, 0.15) is 0 Å². The summed E-state index contributed by atoms with van der Waals surface area (Å²) in [4.78, 5) is 44.7. The Bertz CT molecular complexity index is 967. The smallest absolute Gasteiger partial charge is 0.338 e. The topological polar surface area (TPSA) is 86.7 Å². The largest absolute Gasteiger partial charge is 0.387 e. The fourth-order valence-electron chi connectivity index (χ4n) is 7.94. The number of halogens is 4.